The number of aryl methyl sites for hydroxylation is 1. The molecule has 2 aromatic rings. The highest BCUT2D eigenvalue weighted by Gasteiger charge is 2.23. The lowest BCUT2D eigenvalue weighted by Crippen LogP contribution is -2.46. The summed E-state index contributed by atoms with van der Waals surface area (Å²) in [4.78, 5) is 12.2. The van der Waals surface area contributed by atoms with Crippen molar-refractivity contribution in [1.82, 2.24) is 15.8 Å². The van der Waals surface area contributed by atoms with E-state index in [-0.39, 0.29) is 6.03 Å². The quantitative estimate of drug-likeness (QED) is 0.848. The van der Waals surface area contributed by atoms with Crippen molar-refractivity contribution in [3.05, 3.63) is 59.5 Å². The number of amides is 2. The molecule has 0 bridgehead atoms. The Kier molecular flexibility index (Phi) is 5.44. The molecule has 0 aliphatic rings. The summed E-state index contributed by atoms with van der Waals surface area (Å²) in [5.41, 5.74) is 3.45. The lowest BCUT2D eigenvalue weighted by atomic mass is 9.92. The van der Waals surface area contributed by atoms with Crippen molar-refractivity contribution in [3.8, 4) is 0 Å². The van der Waals surface area contributed by atoms with Crippen LogP contribution < -0.4 is 10.6 Å². The topological polar surface area (TPSA) is 67.2 Å². The standard InChI is InChI=1S/C19H25N3O2/c1-13(2)15-7-6-8-16(12-15)19(4,5)21-18(23)20-10-9-17-11-14(3)24-22-17/h6-8,11-12H,1,9-10H2,2-5H3,(H2,20,21,23). The van der Waals surface area contributed by atoms with Gasteiger partial charge in [0.1, 0.15) is 5.76 Å². The second-order valence-corrected chi connectivity index (χ2v) is 6.55. The molecular weight excluding hydrogens is 302 g/mol. The monoisotopic (exact) mass is 327 g/mol. The van der Waals surface area contributed by atoms with Crippen LogP contribution in [0.3, 0.4) is 0 Å². The van der Waals surface area contributed by atoms with Gasteiger partial charge >= 0.3 is 6.03 Å². The van der Waals surface area contributed by atoms with E-state index in [2.05, 4.69) is 28.4 Å². The van der Waals surface area contributed by atoms with Crippen molar-refractivity contribution >= 4 is 11.6 Å². The normalized spacial score (nSPS) is 11.2. The molecule has 1 heterocycles. The molecule has 2 amide bonds. The fraction of sp³-hybridized carbons (Fsp3) is 0.368. The summed E-state index contributed by atoms with van der Waals surface area (Å²) in [7, 11) is 0. The van der Waals surface area contributed by atoms with E-state index in [0.717, 1.165) is 28.2 Å². The van der Waals surface area contributed by atoms with E-state index in [1.165, 1.54) is 0 Å². The minimum atomic E-state index is -0.486. The van der Waals surface area contributed by atoms with Crippen LogP contribution in [-0.4, -0.2) is 17.7 Å². The lowest BCUT2D eigenvalue weighted by Gasteiger charge is -2.27. The zero-order valence-corrected chi connectivity index (χ0v) is 14.8. The lowest BCUT2D eigenvalue weighted by molar-refractivity contribution is 0.230. The highest BCUT2D eigenvalue weighted by molar-refractivity contribution is 5.75. The maximum atomic E-state index is 12.2. The average Bonchev–Trinajstić information content (AvgIpc) is 2.92. The van der Waals surface area contributed by atoms with Crippen LogP contribution in [0.1, 0.15) is 43.4 Å². The number of aromatic nitrogens is 1. The van der Waals surface area contributed by atoms with Crippen LogP contribution in [0.5, 0.6) is 0 Å². The van der Waals surface area contributed by atoms with Crippen molar-refractivity contribution in [2.45, 2.75) is 39.7 Å². The first-order valence-corrected chi connectivity index (χ1v) is 8.02. The van der Waals surface area contributed by atoms with Gasteiger partial charge in [-0.25, -0.2) is 4.79 Å². The molecule has 2 rings (SSSR count). The van der Waals surface area contributed by atoms with E-state index in [9.17, 15) is 4.79 Å². The van der Waals surface area contributed by atoms with Gasteiger partial charge < -0.3 is 15.2 Å². The van der Waals surface area contributed by atoms with E-state index in [1.807, 2.05) is 52.0 Å². The van der Waals surface area contributed by atoms with Crippen molar-refractivity contribution in [1.29, 1.82) is 0 Å². The van der Waals surface area contributed by atoms with Gasteiger partial charge in [-0.1, -0.05) is 35.5 Å². The Hall–Kier alpha value is -2.56. The summed E-state index contributed by atoms with van der Waals surface area (Å²) in [5, 5.41) is 9.77. The molecule has 0 saturated carbocycles. The third-order valence-electron chi connectivity index (χ3n) is 3.85. The second-order valence-electron chi connectivity index (χ2n) is 6.55. The van der Waals surface area contributed by atoms with Crippen molar-refractivity contribution in [2.24, 2.45) is 0 Å². The van der Waals surface area contributed by atoms with Gasteiger partial charge in [0.2, 0.25) is 0 Å². The Bertz CT molecular complexity index is 732. The van der Waals surface area contributed by atoms with Gasteiger partial charge in [0, 0.05) is 19.0 Å². The molecule has 5 nitrogen and oxygen atoms in total. The number of hydrogen-bond acceptors (Lipinski definition) is 3. The SMILES string of the molecule is C=C(C)c1cccc(C(C)(C)NC(=O)NCCc2cc(C)on2)c1. The van der Waals surface area contributed by atoms with Gasteiger partial charge in [-0.2, -0.15) is 0 Å². The summed E-state index contributed by atoms with van der Waals surface area (Å²) in [6.45, 7) is 12.2. The van der Waals surface area contributed by atoms with Gasteiger partial charge in [-0.05, 0) is 44.9 Å². The third kappa shape index (κ3) is 4.72. The fourth-order valence-corrected chi connectivity index (χ4v) is 2.41. The summed E-state index contributed by atoms with van der Waals surface area (Å²) in [6.07, 6.45) is 0.635. The molecule has 0 saturated heterocycles. The first kappa shape index (κ1) is 17.8. The van der Waals surface area contributed by atoms with Crippen LogP contribution in [0.2, 0.25) is 0 Å². The number of rotatable bonds is 6. The number of benzene rings is 1. The molecule has 1 aromatic carbocycles. The Morgan fingerprint density at radius 3 is 2.71 bits per heavy atom. The molecule has 0 radical (unpaired) electrons. The molecule has 2 N–H and O–H groups in total. The van der Waals surface area contributed by atoms with E-state index in [0.29, 0.717) is 13.0 Å². The average molecular weight is 327 g/mol. The first-order chi connectivity index (χ1) is 11.3. The van der Waals surface area contributed by atoms with Crippen molar-refractivity contribution in [3.63, 3.8) is 0 Å². The highest BCUT2D eigenvalue weighted by atomic mass is 16.5. The Morgan fingerprint density at radius 2 is 2.08 bits per heavy atom. The molecule has 5 heteroatoms. The predicted octanol–water partition coefficient (Wildman–Crippen LogP) is 3.79. The number of carbonyl (C=O) groups excluding carboxylic acids is 1. The number of allylic oxidation sites excluding steroid dienone is 1. The molecule has 0 atom stereocenters. The minimum absolute atomic E-state index is 0.207. The summed E-state index contributed by atoms with van der Waals surface area (Å²) >= 11 is 0. The first-order valence-electron chi connectivity index (χ1n) is 8.02. The molecule has 0 fully saturated rings. The number of urea groups is 1. The van der Waals surface area contributed by atoms with Crippen LogP contribution in [0.4, 0.5) is 4.79 Å². The number of carbonyl (C=O) groups is 1. The summed E-state index contributed by atoms with van der Waals surface area (Å²) in [5.74, 6) is 0.771. The minimum Gasteiger partial charge on any atom is -0.361 e. The zero-order chi connectivity index (χ0) is 17.7. The maximum Gasteiger partial charge on any atom is 0.315 e. The van der Waals surface area contributed by atoms with Crippen LogP contribution >= 0.6 is 0 Å². The number of nitrogens with zero attached hydrogens (tertiary/aromatic N) is 1. The second kappa shape index (κ2) is 7.34. The molecule has 128 valence electrons. The largest absolute Gasteiger partial charge is 0.361 e. The number of nitrogens with one attached hydrogen (secondary N) is 2. The molecule has 0 aliphatic carbocycles. The van der Waals surface area contributed by atoms with Crippen molar-refractivity contribution < 1.29 is 9.32 Å². The summed E-state index contributed by atoms with van der Waals surface area (Å²) < 4.78 is 5.01. The molecule has 24 heavy (non-hydrogen) atoms. The van der Waals surface area contributed by atoms with E-state index < -0.39 is 5.54 Å². The Morgan fingerprint density at radius 1 is 1.33 bits per heavy atom. The molecular formula is C19H25N3O2. The zero-order valence-electron chi connectivity index (χ0n) is 14.8. The van der Waals surface area contributed by atoms with Crippen molar-refractivity contribution in [2.75, 3.05) is 6.54 Å². The van der Waals surface area contributed by atoms with Gasteiger partial charge in [0.05, 0.1) is 11.2 Å². The predicted molar refractivity (Wildman–Crippen MR) is 95.7 cm³/mol. The Labute approximate surface area is 143 Å². The highest BCUT2D eigenvalue weighted by Crippen LogP contribution is 2.23. The molecule has 0 spiro atoms. The molecule has 0 aliphatic heterocycles. The van der Waals surface area contributed by atoms with Gasteiger partial charge in [-0.15, -0.1) is 0 Å². The van der Waals surface area contributed by atoms with E-state index >= 15 is 0 Å². The van der Waals surface area contributed by atoms with E-state index in [1.54, 1.807) is 0 Å². The fourth-order valence-electron chi connectivity index (χ4n) is 2.41. The molecule has 0 unspecified atom stereocenters. The van der Waals surface area contributed by atoms with E-state index in [4.69, 9.17) is 4.52 Å². The van der Waals surface area contributed by atoms with Gasteiger partial charge in [0.15, 0.2) is 0 Å². The maximum absolute atomic E-state index is 12.2. The smallest absolute Gasteiger partial charge is 0.315 e. The summed E-state index contributed by atoms with van der Waals surface area (Å²) in [6, 6.07) is 9.72. The van der Waals surface area contributed by atoms with Gasteiger partial charge in [-0.3, -0.25) is 0 Å². The van der Waals surface area contributed by atoms with Crippen LogP contribution in [-0.2, 0) is 12.0 Å². The van der Waals surface area contributed by atoms with Gasteiger partial charge in [0.25, 0.3) is 0 Å². The third-order valence-corrected chi connectivity index (χ3v) is 3.85. The molecule has 1 aromatic heterocycles. The van der Waals surface area contributed by atoms with Crippen LogP contribution in [0.15, 0.2) is 41.4 Å². The van der Waals surface area contributed by atoms with Crippen LogP contribution in [0, 0.1) is 6.92 Å². The Balaban J connectivity index is 1.91. The number of hydrogen-bond donors (Lipinski definition) is 2. The van der Waals surface area contributed by atoms with Crippen LogP contribution in [0.25, 0.3) is 5.57 Å².